The molecule has 2 aliphatic rings. The number of esters is 2. The first-order chi connectivity index (χ1) is 20.0. The maximum absolute atomic E-state index is 14.3. The standard InChI is InChI=1S/C29H30F2N4O6S/c1-28(2,3)41-27(38)34-29(25(37)40-14-17-9-5-7-11-19(17)31)12-20(42-26-32-15-33-35-26)21-22(23(21)29)24(36)39-13-16-8-4-6-10-18(16)30/h4-11,15,20-23H,12-14H2,1-3H3,(H,34,38)(H,32,33,35)/t20-,21+,22+,23+,29+/m1/s1. The van der Waals surface area contributed by atoms with Crippen LogP contribution in [0.25, 0.3) is 0 Å². The first-order valence-electron chi connectivity index (χ1n) is 13.3. The van der Waals surface area contributed by atoms with Gasteiger partial charge in [-0.3, -0.25) is 9.89 Å². The van der Waals surface area contributed by atoms with Gasteiger partial charge in [0.15, 0.2) is 5.16 Å². The molecule has 0 radical (unpaired) electrons. The lowest BCUT2D eigenvalue weighted by molar-refractivity contribution is -0.155. The highest BCUT2D eigenvalue weighted by molar-refractivity contribution is 7.99. The number of hydrogen-bond acceptors (Lipinski definition) is 9. The average Bonchev–Trinajstić information content (AvgIpc) is 3.32. The van der Waals surface area contributed by atoms with Crippen molar-refractivity contribution in [1.29, 1.82) is 0 Å². The van der Waals surface area contributed by atoms with Crippen molar-refractivity contribution in [3.8, 4) is 0 Å². The molecule has 0 bridgehead atoms. The lowest BCUT2D eigenvalue weighted by atomic mass is 9.90. The Balaban J connectivity index is 1.43. The molecule has 10 nitrogen and oxygen atoms in total. The zero-order chi connectivity index (χ0) is 30.1. The number of benzene rings is 2. The van der Waals surface area contributed by atoms with Gasteiger partial charge in [0.25, 0.3) is 0 Å². The molecule has 222 valence electrons. The van der Waals surface area contributed by atoms with Gasteiger partial charge in [-0.2, -0.15) is 5.10 Å². The van der Waals surface area contributed by atoms with Gasteiger partial charge >= 0.3 is 18.0 Å². The number of aromatic amines is 1. The molecule has 0 saturated heterocycles. The largest absolute Gasteiger partial charge is 0.460 e. The number of nitrogens with zero attached hydrogens (tertiary/aromatic N) is 2. The third-order valence-corrected chi connectivity index (χ3v) is 8.46. The Kier molecular flexibility index (Phi) is 8.22. The van der Waals surface area contributed by atoms with E-state index in [9.17, 15) is 23.2 Å². The van der Waals surface area contributed by atoms with Crippen molar-refractivity contribution in [3.05, 3.63) is 77.6 Å². The smallest absolute Gasteiger partial charge is 0.408 e. The molecule has 3 aromatic rings. The second-order valence-electron chi connectivity index (χ2n) is 11.2. The van der Waals surface area contributed by atoms with E-state index in [1.807, 2.05) is 0 Å². The minimum Gasteiger partial charge on any atom is -0.460 e. The maximum Gasteiger partial charge on any atom is 0.408 e. The first-order valence-corrected chi connectivity index (χ1v) is 14.2. The minimum atomic E-state index is -1.70. The van der Waals surface area contributed by atoms with Crippen LogP contribution < -0.4 is 5.32 Å². The predicted molar refractivity (Wildman–Crippen MR) is 146 cm³/mol. The number of alkyl carbamates (subject to hydrolysis) is 1. The molecule has 2 saturated carbocycles. The van der Waals surface area contributed by atoms with Crippen molar-refractivity contribution in [1.82, 2.24) is 20.5 Å². The van der Waals surface area contributed by atoms with Crippen molar-refractivity contribution in [2.24, 2.45) is 17.8 Å². The summed E-state index contributed by atoms with van der Waals surface area (Å²) in [5.74, 6) is -4.52. The molecule has 13 heteroatoms. The second kappa shape index (κ2) is 11.7. The molecule has 1 aromatic heterocycles. The van der Waals surface area contributed by atoms with Crippen LogP contribution in [0.2, 0.25) is 0 Å². The van der Waals surface area contributed by atoms with Crippen LogP contribution in [0.1, 0.15) is 38.3 Å². The molecular formula is C29H30F2N4O6S. The van der Waals surface area contributed by atoms with Crippen LogP contribution in [0.15, 0.2) is 60.0 Å². The van der Waals surface area contributed by atoms with E-state index in [2.05, 4.69) is 20.5 Å². The van der Waals surface area contributed by atoms with E-state index in [4.69, 9.17) is 14.2 Å². The lowest BCUT2D eigenvalue weighted by Gasteiger charge is -2.33. The van der Waals surface area contributed by atoms with Gasteiger partial charge in [0.1, 0.15) is 42.3 Å². The number of carbonyl (C=O) groups excluding carboxylic acids is 3. The number of amides is 1. The van der Waals surface area contributed by atoms with Gasteiger partial charge in [-0.05, 0) is 45.2 Å². The van der Waals surface area contributed by atoms with Crippen molar-refractivity contribution < 1.29 is 37.4 Å². The number of rotatable bonds is 9. The van der Waals surface area contributed by atoms with Crippen LogP contribution in [0, 0.1) is 29.4 Å². The monoisotopic (exact) mass is 600 g/mol. The van der Waals surface area contributed by atoms with Gasteiger partial charge in [-0.25, -0.2) is 23.4 Å². The zero-order valence-electron chi connectivity index (χ0n) is 23.1. The van der Waals surface area contributed by atoms with Gasteiger partial charge in [0.2, 0.25) is 0 Å². The Morgan fingerprint density at radius 1 is 1.02 bits per heavy atom. The third kappa shape index (κ3) is 6.25. The number of halogens is 2. The summed E-state index contributed by atoms with van der Waals surface area (Å²) in [6.45, 7) is 4.34. The second-order valence-corrected chi connectivity index (χ2v) is 12.5. The van der Waals surface area contributed by atoms with E-state index >= 15 is 0 Å². The topological polar surface area (TPSA) is 132 Å². The van der Waals surface area contributed by atoms with Crippen LogP contribution in [0.4, 0.5) is 13.6 Å². The van der Waals surface area contributed by atoms with Gasteiger partial charge < -0.3 is 19.5 Å². The molecule has 5 rings (SSSR count). The van der Waals surface area contributed by atoms with Gasteiger partial charge in [-0.15, -0.1) is 0 Å². The minimum absolute atomic E-state index is 0.0696. The molecule has 1 heterocycles. The summed E-state index contributed by atoms with van der Waals surface area (Å²) in [7, 11) is 0. The molecule has 5 atom stereocenters. The fraction of sp³-hybridized carbons (Fsp3) is 0.414. The number of fused-ring (bicyclic) bond motifs is 1. The number of nitrogens with one attached hydrogen (secondary N) is 2. The van der Waals surface area contributed by atoms with Gasteiger partial charge in [0, 0.05) is 22.3 Å². The molecule has 2 aliphatic carbocycles. The molecular weight excluding hydrogens is 570 g/mol. The highest BCUT2D eigenvalue weighted by Gasteiger charge is 2.76. The lowest BCUT2D eigenvalue weighted by Crippen LogP contribution is -2.58. The maximum atomic E-state index is 14.3. The number of ether oxygens (including phenoxy) is 3. The van der Waals surface area contributed by atoms with E-state index < -0.39 is 63.8 Å². The van der Waals surface area contributed by atoms with E-state index in [0.29, 0.717) is 5.16 Å². The molecule has 0 unspecified atom stereocenters. The normalized spacial score (nSPS) is 24.4. The summed E-state index contributed by atoms with van der Waals surface area (Å²) in [6, 6.07) is 11.8. The Labute approximate surface area is 244 Å². The number of aromatic nitrogens is 3. The summed E-state index contributed by atoms with van der Waals surface area (Å²) < 4.78 is 45.0. The van der Waals surface area contributed by atoms with E-state index in [1.165, 1.54) is 54.5 Å². The fourth-order valence-electron chi connectivity index (χ4n) is 5.48. The number of thioether (sulfide) groups is 1. The predicted octanol–water partition coefficient (Wildman–Crippen LogP) is 4.56. The zero-order valence-corrected chi connectivity index (χ0v) is 24.0. The van der Waals surface area contributed by atoms with Crippen LogP contribution in [0.5, 0.6) is 0 Å². The fourth-order valence-corrected chi connectivity index (χ4v) is 6.82. The Morgan fingerprint density at radius 3 is 2.21 bits per heavy atom. The van der Waals surface area contributed by atoms with E-state index in [0.717, 1.165) is 0 Å². The van der Waals surface area contributed by atoms with Gasteiger partial charge in [-0.1, -0.05) is 48.2 Å². The average molecular weight is 601 g/mol. The number of H-pyrrole nitrogens is 1. The van der Waals surface area contributed by atoms with E-state index in [1.54, 1.807) is 32.9 Å². The molecule has 42 heavy (non-hydrogen) atoms. The number of carbonyl (C=O) groups is 3. The van der Waals surface area contributed by atoms with Crippen molar-refractivity contribution in [2.75, 3.05) is 0 Å². The van der Waals surface area contributed by atoms with Crippen molar-refractivity contribution in [2.45, 2.75) is 62.0 Å². The Morgan fingerprint density at radius 2 is 1.64 bits per heavy atom. The third-order valence-electron chi connectivity index (χ3n) is 7.26. The van der Waals surface area contributed by atoms with Crippen LogP contribution in [-0.4, -0.2) is 49.6 Å². The molecule has 0 spiro atoms. The van der Waals surface area contributed by atoms with Crippen LogP contribution >= 0.6 is 11.8 Å². The molecule has 1 amide bonds. The molecule has 0 aliphatic heterocycles. The summed E-state index contributed by atoms with van der Waals surface area (Å²) in [5.41, 5.74) is -2.23. The van der Waals surface area contributed by atoms with Crippen molar-refractivity contribution >= 4 is 29.8 Å². The summed E-state index contributed by atoms with van der Waals surface area (Å²) in [4.78, 5) is 44.4. The van der Waals surface area contributed by atoms with Gasteiger partial charge in [0.05, 0.1) is 5.92 Å². The quantitative estimate of drug-likeness (QED) is 0.268. The van der Waals surface area contributed by atoms with E-state index in [-0.39, 0.29) is 30.8 Å². The van der Waals surface area contributed by atoms with Crippen LogP contribution in [0.3, 0.4) is 0 Å². The summed E-state index contributed by atoms with van der Waals surface area (Å²) >= 11 is 1.27. The van der Waals surface area contributed by atoms with Crippen molar-refractivity contribution in [3.63, 3.8) is 0 Å². The summed E-state index contributed by atoms with van der Waals surface area (Å²) in [6.07, 6.45) is 0.524. The molecule has 2 fully saturated rings. The number of hydrogen-bond donors (Lipinski definition) is 2. The molecule has 2 N–H and O–H groups in total. The highest BCUT2D eigenvalue weighted by Crippen LogP contribution is 2.66. The Hall–Kier alpha value is -4.00. The SMILES string of the molecule is CC(C)(C)OC(=O)N[C@@]1(C(=O)OCc2ccccc2F)C[C@@H](Sc2ncn[nH]2)[C@H]2[C@H](C(=O)OCc3ccccc3F)[C@H]21. The Bertz CT molecular complexity index is 1470. The highest BCUT2D eigenvalue weighted by atomic mass is 32.2. The first kappa shape index (κ1) is 29.5. The molecule has 2 aromatic carbocycles. The van der Waals surface area contributed by atoms with Crippen LogP contribution in [-0.2, 0) is 37.0 Å². The summed E-state index contributed by atoms with van der Waals surface area (Å²) in [5, 5.41) is 9.38.